The van der Waals surface area contributed by atoms with Crippen molar-refractivity contribution in [1.82, 2.24) is 29.7 Å². The van der Waals surface area contributed by atoms with Crippen LogP contribution in [0.1, 0.15) is 36.2 Å². The number of ether oxygens (including phenoxy) is 1. The van der Waals surface area contributed by atoms with Crippen molar-refractivity contribution in [1.29, 1.82) is 0 Å². The van der Waals surface area contributed by atoms with Crippen molar-refractivity contribution in [3.63, 3.8) is 0 Å². The van der Waals surface area contributed by atoms with Crippen molar-refractivity contribution in [2.45, 2.75) is 37.8 Å². The second-order valence-electron chi connectivity index (χ2n) is 8.22. The highest BCUT2D eigenvalue weighted by Gasteiger charge is 2.24. The van der Waals surface area contributed by atoms with E-state index >= 15 is 0 Å². The molecule has 11 heteroatoms. The molecule has 32 heavy (non-hydrogen) atoms. The SMILES string of the molecule is Nc1ncc(-c2cn3cc(C(=O)N[C@H]4CC[C@H](O)CC4)nc3c(N3CCOCC3)n2)cn1. The van der Waals surface area contributed by atoms with Gasteiger partial charge in [0, 0.05) is 49.5 Å². The van der Waals surface area contributed by atoms with E-state index in [2.05, 4.69) is 25.2 Å². The molecule has 168 valence electrons. The second-order valence-corrected chi connectivity index (χ2v) is 8.22. The molecular weight excluding hydrogens is 412 g/mol. The Kier molecular flexibility index (Phi) is 5.58. The van der Waals surface area contributed by atoms with E-state index in [0.717, 1.165) is 18.4 Å². The molecule has 2 fully saturated rings. The molecule has 0 spiro atoms. The van der Waals surface area contributed by atoms with E-state index < -0.39 is 0 Å². The molecule has 0 bridgehead atoms. The van der Waals surface area contributed by atoms with E-state index in [1.54, 1.807) is 18.6 Å². The van der Waals surface area contributed by atoms with Gasteiger partial charge in [0.15, 0.2) is 11.5 Å². The van der Waals surface area contributed by atoms with Gasteiger partial charge in [-0.05, 0) is 25.7 Å². The van der Waals surface area contributed by atoms with E-state index in [-0.39, 0.29) is 24.0 Å². The number of nitrogens with two attached hydrogens (primary N) is 1. The van der Waals surface area contributed by atoms with Gasteiger partial charge < -0.3 is 30.2 Å². The smallest absolute Gasteiger partial charge is 0.271 e. The van der Waals surface area contributed by atoms with Crippen molar-refractivity contribution < 1.29 is 14.6 Å². The number of anilines is 2. The van der Waals surface area contributed by atoms with Gasteiger partial charge in [0.2, 0.25) is 5.95 Å². The zero-order valence-electron chi connectivity index (χ0n) is 17.6. The molecule has 0 radical (unpaired) electrons. The van der Waals surface area contributed by atoms with E-state index in [1.807, 2.05) is 10.6 Å². The summed E-state index contributed by atoms with van der Waals surface area (Å²) in [6, 6.07) is 0.0510. The standard InChI is InChI=1S/C21H26N8O3/c22-21-23-9-13(10-24-21)16-11-29-12-17(20(31)25-14-1-3-15(30)4-2-14)27-19(29)18(26-16)28-5-7-32-8-6-28/h9-12,14-15,30H,1-8H2,(H,25,31)(H2,22,23,24)/t14-,15-. The van der Waals surface area contributed by atoms with E-state index in [1.165, 1.54) is 0 Å². The first-order chi connectivity index (χ1) is 15.6. The largest absolute Gasteiger partial charge is 0.393 e. The maximum atomic E-state index is 12.9. The van der Waals surface area contributed by atoms with Gasteiger partial charge in [-0.1, -0.05) is 0 Å². The minimum atomic E-state index is -0.267. The molecule has 5 rings (SSSR count). The zero-order chi connectivity index (χ0) is 22.1. The lowest BCUT2D eigenvalue weighted by Crippen LogP contribution is -2.38. The van der Waals surface area contributed by atoms with Crippen molar-refractivity contribution >= 4 is 23.3 Å². The highest BCUT2D eigenvalue weighted by molar-refractivity contribution is 5.93. The first-order valence-corrected chi connectivity index (χ1v) is 10.9. The fourth-order valence-electron chi connectivity index (χ4n) is 4.17. The number of fused-ring (bicyclic) bond motifs is 1. The van der Waals surface area contributed by atoms with Crippen LogP contribution in [-0.2, 0) is 4.74 Å². The molecule has 1 saturated heterocycles. The summed E-state index contributed by atoms with van der Waals surface area (Å²) in [6.45, 7) is 2.57. The molecule has 11 nitrogen and oxygen atoms in total. The molecule has 4 heterocycles. The average molecular weight is 438 g/mol. The number of morpholine rings is 1. The number of aliphatic hydroxyl groups is 1. The number of imidazole rings is 1. The van der Waals surface area contributed by atoms with Crippen molar-refractivity contribution in [3.05, 3.63) is 30.5 Å². The molecule has 1 aliphatic carbocycles. The number of hydrogen-bond acceptors (Lipinski definition) is 9. The normalized spacial score (nSPS) is 21.6. The molecular formula is C21H26N8O3. The average Bonchev–Trinajstić information content (AvgIpc) is 3.25. The third-order valence-electron chi connectivity index (χ3n) is 5.96. The van der Waals surface area contributed by atoms with Crippen LogP contribution >= 0.6 is 0 Å². The summed E-state index contributed by atoms with van der Waals surface area (Å²) < 4.78 is 7.31. The predicted octanol–water partition coefficient (Wildman–Crippen LogP) is 0.638. The van der Waals surface area contributed by atoms with Crippen molar-refractivity contribution in [2.24, 2.45) is 0 Å². The fraction of sp³-hybridized carbons (Fsp3) is 0.476. The summed E-state index contributed by atoms with van der Waals surface area (Å²) in [5.41, 5.74) is 7.94. The van der Waals surface area contributed by atoms with Crippen LogP contribution in [0.3, 0.4) is 0 Å². The highest BCUT2D eigenvalue weighted by Crippen LogP contribution is 2.26. The second kappa shape index (κ2) is 8.67. The number of hydrogen-bond donors (Lipinski definition) is 3. The molecule has 1 aliphatic heterocycles. The molecule has 0 atom stereocenters. The van der Waals surface area contributed by atoms with Gasteiger partial charge in [-0.15, -0.1) is 0 Å². The Hall–Kier alpha value is -3.31. The number of nitrogens with one attached hydrogen (secondary N) is 1. The zero-order valence-corrected chi connectivity index (χ0v) is 17.6. The number of rotatable bonds is 4. The van der Waals surface area contributed by atoms with Crippen molar-refractivity contribution in [3.8, 4) is 11.3 Å². The molecule has 3 aromatic rings. The summed E-state index contributed by atoms with van der Waals surface area (Å²) in [7, 11) is 0. The van der Waals surface area contributed by atoms with E-state index in [9.17, 15) is 9.90 Å². The van der Waals surface area contributed by atoms with Crippen LogP contribution in [0.15, 0.2) is 24.8 Å². The highest BCUT2D eigenvalue weighted by atomic mass is 16.5. The third-order valence-corrected chi connectivity index (χ3v) is 5.96. The van der Waals surface area contributed by atoms with E-state index in [4.69, 9.17) is 15.5 Å². The number of aromatic nitrogens is 5. The van der Waals surface area contributed by atoms with Gasteiger partial charge in [-0.3, -0.25) is 4.79 Å². The summed E-state index contributed by atoms with van der Waals surface area (Å²) in [5, 5.41) is 12.8. The molecule has 2 aliphatic rings. The Labute approximate surface area is 184 Å². The fourth-order valence-corrected chi connectivity index (χ4v) is 4.17. The van der Waals surface area contributed by atoms with Crippen LogP contribution in [0.5, 0.6) is 0 Å². The Morgan fingerprint density at radius 1 is 1.09 bits per heavy atom. The van der Waals surface area contributed by atoms with Crippen LogP contribution in [0.25, 0.3) is 16.9 Å². The van der Waals surface area contributed by atoms with Gasteiger partial charge in [0.25, 0.3) is 5.91 Å². The number of carbonyl (C=O) groups is 1. The lowest BCUT2D eigenvalue weighted by atomic mass is 9.93. The maximum absolute atomic E-state index is 12.9. The molecule has 3 aromatic heterocycles. The number of aliphatic hydroxyl groups excluding tert-OH is 1. The first-order valence-electron chi connectivity index (χ1n) is 10.9. The third kappa shape index (κ3) is 4.21. The monoisotopic (exact) mass is 438 g/mol. The Bertz CT molecular complexity index is 1100. The Balaban J connectivity index is 1.49. The van der Waals surface area contributed by atoms with Gasteiger partial charge in [-0.25, -0.2) is 19.9 Å². The lowest BCUT2D eigenvalue weighted by molar-refractivity contribution is 0.0863. The quantitative estimate of drug-likeness (QED) is 0.534. The van der Waals surface area contributed by atoms with Gasteiger partial charge in [-0.2, -0.15) is 0 Å². The van der Waals surface area contributed by atoms with Crippen molar-refractivity contribution in [2.75, 3.05) is 36.9 Å². The summed E-state index contributed by atoms with van der Waals surface area (Å²) in [6.07, 6.45) is 9.46. The van der Waals surface area contributed by atoms with Crippen LogP contribution in [0.2, 0.25) is 0 Å². The van der Waals surface area contributed by atoms with Crippen LogP contribution in [0.4, 0.5) is 11.8 Å². The number of nitrogens with zero attached hydrogens (tertiary/aromatic N) is 6. The van der Waals surface area contributed by atoms with Crippen LogP contribution in [0, 0.1) is 0 Å². The summed E-state index contributed by atoms with van der Waals surface area (Å²) in [4.78, 5) is 32.6. The molecule has 1 amide bonds. The molecule has 4 N–H and O–H groups in total. The number of amides is 1. The Morgan fingerprint density at radius 3 is 2.53 bits per heavy atom. The molecule has 1 saturated carbocycles. The first kappa shape index (κ1) is 20.6. The van der Waals surface area contributed by atoms with Crippen LogP contribution < -0.4 is 16.0 Å². The van der Waals surface area contributed by atoms with Gasteiger partial charge in [0.1, 0.15) is 5.69 Å². The molecule has 0 unspecified atom stereocenters. The van der Waals surface area contributed by atoms with Gasteiger partial charge in [0.05, 0.1) is 25.0 Å². The topological polar surface area (TPSA) is 144 Å². The Morgan fingerprint density at radius 2 is 1.81 bits per heavy atom. The van der Waals surface area contributed by atoms with E-state index in [0.29, 0.717) is 62.0 Å². The van der Waals surface area contributed by atoms with Gasteiger partial charge >= 0.3 is 0 Å². The summed E-state index contributed by atoms with van der Waals surface area (Å²) in [5.74, 6) is 0.655. The number of carbonyl (C=O) groups excluding carboxylic acids is 1. The maximum Gasteiger partial charge on any atom is 0.271 e. The molecule has 0 aromatic carbocycles. The predicted molar refractivity (Wildman–Crippen MR) is 117 cm³/mol. The summed E-state index contributed by atoms with van der Waals surface area (Å²) >= 11 is 0. The lowest BCUT2D eigenvalue weighted by Gasteiger charge is -2.28. The van der Waals surface area contributed by atoms with Crippen LogP contribution in [-0.4, -0.2) is 73.8 Å². The minimum absolute atomic E-state index is 0.0510. The minimum Gasteiger partial charge on any atom is -0.393 e. The number of nitrogen functional groups attached to an aromatic ring is 1.